The minimum atomic E-state index is -4.81. The topological polar surface area (TPSA) is 131 Å². The van der Waals surface area contributed by atoms with E-state index in [1.165, 1.54) is 42.5 Å². The van der Waals surface area contributed by atoms with Gasteiger partial charge in [0, 0.05) is 17.4 Å². The zero-order valence-electron chi connectivity index (χ0n) is 23.2. The van der Waals surface area contributed by atoms with Crippen LogP contribution in [0.2, 0.25) is 5.02 Å². The van der Waals surface area contributed by atoms with Crippen LogP contribution < -0.4 is 23.8 Å². The Bertz CT molecular complexity index is 1990. The summed E-state index contributed by atoms with van der Waals surface area (Å²) in [5.74, 6) is -0.931. The lowest BCUT2D eigenvalue weighted by Crippen LogP contribution is -2.38. The fourth-order valence-electron chi connectivity index (χ4n) is 4.30. The van der Waals surface area contributed by atoms with Crippen LogP contribution in [0.15, 0.2) is 94.7 Å². The van der Waals surface area contributed by atoms with Crippen LogP contribution in [-0.2, 0) is 31.0 Å². The molecule has 1 amide bonds. The fourth-order valence-corrected chi connectivity index (χ4v) is 7.01. The number of carbonyl (C=O) groups excluding carboxylic acids is 1. The molecule has 0 fully saturated rings. The summed E-state index contributed by atoms with van der Waals surface area (Å²) >= 11 is 5.59. The van der Waals surface area contributed by atoms with Crippen LogP contribution in [0.4, 0.5) is 34.6 Å². The number of hydrogen-bond acceptors (Lipinski definition) is 7. The molecule has 5 rings (SSSR count). The molecule has 4 aromatic rings. The van der Waals surface area contributed by atoms with Gasteiger partial charge >= 0.3 is 6.18 Å². The van der Waals surface area contributed by atoms with Gasteiger partial charge in [0.25, 0.3) is 20.0 Å². The molecule has 242 valence electrons. The first kappa shape index (κ1) is 32.8. The van der Waals surface area contributed by atoms with Gasteiger partial charge in [0.15, 0.2) is 11.5 Å². The third-order valence-electron chi connectivity index (χ3n) is 6.48. The molecule has 1 aliphatic heterocycles. The second-order valence-electron chi connectivity index (χ2n) is 9.66. The van der Waals surface area contributed by atoms with Crippen molar-refractivity contribution >= 4 is 54.6 Å². The van der Waals surface area contributed by atoms with Crippen molar-refractivity contribution in [3.05, 3.63) is 101 Å². The number of fused-ring (bicyclic) bond motifs is 1. The van der Waals surface area contributed by atoms with Gasteiger partial charge in [-0.15, -0.1) is 0 Å². The molecule has 46 heavy (non-hydrogen) atoms. The summed E-state index contributed by atoms with van der Waals surface area (Å²) < 4.78 is 120. The normalized spacial score (nSPS) is 13.2. The molecule has 2 N–H and O–H groups in total. The molecular formula is C29H22ClF4N3O7S2. The summed E-state index contributed by atoms with van der Waals surface area (Å²) in [6.07, 6.45) is -4.81. The monoisotopic (exact) mass is 699 g/mol. The van der Waals surface area contributed by atoms with Gasteiger partial charge in [-0.05, 0) is 78.9 Å². The van der Waals surface area contributed by atoms with E-state index in [0.717, 1.165) is 40.7 Å². The number of carbonyl (C=O) groups is 1. The van der Waals surface area contributed by atoms with Crippen LogP contribution in [0.5, 0.6) is 11.5 Å². The number of hydrogen-bond donors (Lipinski definition) is 2. The third-order valence-corrected chi connectivity index (χ3v) is 9.97. The molecule has 0 bridgehead atoms. The summed E-state index contributed by atoms with van der Waals surface area (Å²) in [6, 6.07) is 15.5. The molecule has 0 aliphatic carbocycles. The lowest BCUT2D eigenvalue weighted by Gasteiger charge is -2.25. The van der Waals surface area contributed by atoms with Crippen LogP contribution in [-0.4, -0.2) is 42.5 Å². The number of ether oxygens (including phenoxy) is 2. The predicted molar refractivity (Wildman–Crippen MR) is 161 cm³/mol. The lowest BCUT2D eigenvalue weighted by atomic mass is 10.2. The summed E-state index contributed by atoms with van der Waals surface area (Å²) in [5, 5.41) is 1.86. The maximum atomic E-state index is 13.7. The third kappa shape index (κ3) is 7.29. The van der Waals surface area contributed by atoms with Gasteiger partial charge < -0.3 is 14.8 Å². The number of alkyl halides is 3. The Morgan fingerprint density at radius 2 is 1.41 bits per heavy atom. The van der Waals surface area contributed by atoms with Gasteiger partial charge in [0.05, 0.1) is 26.1 Å². The molecule has 10 nitrogen and oxygen atoms in total. The average molecular weight is 700 g/mol. The molecule has 0 saturated carbocycles. The Balaban J connectivity index is 1.34. The first-order valence-electron chi connectivity index (χ1n) is 13.1. The van der Waals surface area contributed by atoms with E-state index in [0.29, 0.717) is 11.8 Å². The minimum absolute atomic E-state index is 0.0187. The molecular weight excluding hydrogens is 678 g/mol. The van der Waals surface area contributed by atoms with E-state index in [4.69, 9.17) is 21.1 Å². The minimum Gasteiger partial charge on any atom is -0.486 e. The standard InChI is InChI=1S/C29H22ClF4N3O7S2/c30-25-11-5-20(15-24(25)29(32,33)34)36-45(39,40)22-8-3-19(4-9-22)35-28(38)17-37(21-6-1-18(31)2-7-21)46(41,42)23-10-12-26-27(16-23)44-14-13-43-26/h1-12,15-16,36H,13-14,17H2,(H,35,38). The maximum Gasteiger partial charge on any atom is 0.417 e. The highest BCUT2D eigenvalue weighted by atomic mass is 35.5. The quantitative estimate of drug-likeness (QED) is 0.208. The van der Waals surface area contributed by atoms with Gasteiger partial charge in [0.1, 0.15) is 25.6 Å². The van der Waals surface area contributed by atoms with E-state index in [9.17, 15) is 39.2 Å². The van der Waals surface area contributed by atoms with Gasteiger partial charge in [0.2, 0.25) is 5.91 Å². The van der Waals surface area contributed by atoms with E-state index >= 15 is 0 Å². The van der Waals surface area contributed by atoms with Crippen LogP contribution >= 0.6 is 11.6 Å². The van der Waals surface area contributed by atoms with E-state index < -0.39 is 55.1 Å². The van der Waals surface area contributed by atoms with Crippen LogP contribution in [0.1, 0.15) is 5.56 Å². The van der Waals surface area contributed by atoms with Crippen molar-refractivity contribution in [2.24, 2.45) is 0 Å². The molecule has 1 heterocycles. The number of halogens is 5. The van der Waals surface area contributed by atoms with Gasteiger partial charge in [-0.25, -0.2) is 21.2 Å². The summed E-state index contributed by atoms with van der Waals surface area (Å²) in [6.45, 7) is -0.269. The van der Waals surface area contributed by atoms with Crippen molar-refractivity contribution in [1.82, 2.24) is 0 Å². The highest BCUT2D eigenvalue weighted by Gasteiger charge is 2.34. The zero-order valence-corrected chi connectivity index (χ0v) is 25.6. The first-order valence-corrected chi connectivity index (χ1v) is 16.4. The molecule has 0 aromatic heterocycles. The van der Waals surface area contributed by atoms with Crippen molar-refractivity contribution in [3.63, 3.8) is 0 Å². The molecule has 0 saturated heterocycles. The van der Waals surface area contributed by atoms with Crippen molar-refractivity contribution in [2.45, 2.75) is 16.0 Å². The second-order valence-corrected chi connectivity index (χ2v) is 13.6. The highest BCUT2D eigenvalue weighted by Crippen LogP contribution is 2.37. The van der Waals surface area contributed by atoms with Crippen molar-refractivity contribution < 1.29 is 48.7 Å². The molecule has 0 unspecified atom stereocenters. The summed E-state index contributed by atoms with van der Waals surface area (Å²) in [5.41, 5.74) is -1.55. The summed E-state index contributed by atoms with van der Waals surface area (Å²) in [7, 11) is -8.77. The van der Waals surface area contributed by atoms with Gasteiger partial charge in [-0.2, -0.15) is 13.2 Å². The Kier molecular flexibility index (Phi) is 9.06. The first-order chi connectivity index (χ1) is 21.6. The van der Waals surface area contributed by atoms with E-state index in [1.54, 1.807) is 0 Å². The van der Waals surface area contributed by atoms with Gasteiger partial charge in [-0.3, -0.25) is 13.8 Å². The Morgan fingerprint density at radius 1 is 0.804 bits per heavy atom. The van der Waals surface area contributed by atoms with E-state index in [1.807, 2.05) is 4.72 Å². The van der Waals surface area contributed by atoms with Crippen LogP contribution in [0, 0.1) is 5.82 Å². The second kappa shape index (κ2) is 12.7. The fraction of sp³-hybridized carbons (Fsp3) is 0.138. The van der Waals surface area contributed by atoms with Crippen molar-refractivity contribution in [2.75, 3.05) is 34.1 Å². The van der Waals surface area contributed by atoms with Crippen molar-refractivity contribution in [3.8, 4) is 11.5 Å². The molecule has 0 spiro atoms. The number of sulfonamides is 2. The Morgan fingerprint density at radius 3 is 2.07 bits per heavy atom. The number of nitrogens with one attached hydrogen (secondary N) is 2. The zero-order chi connectivity index (χ0) is 33.3. The molecule has 0 atom stereocenters. The number of amides is 1. The van der Waals surface area contributed by atoms with Gasteiger partial charge in [-0.1, -0.05) is 11.6 Å². The summed E-state index contributed by atoms with van der Waals surface area (Å²) in [4.78, 5) is 12.5. The molecule has 4 aromatic carbocycles. The average Bonchev–Trinajstić information content (AvgIpc) is 3.00. The number of anilines is 3. The SMILES string of the molecule is O=C(CN(c1ccc(F)cc1)S(=O)(=O)c1ccc2c(c1)OCCO2)Nc1ccc(S(=O)(=O)Nc2ccc(Cl)c(C(F)(F)F)c2)cc1. The Hall–Kier alpha value is -4.54. The highest BCUT2D eigenvalue weighted by molar-refractivity contribution is 7.93. The maximum absolute atomic E-state index is 13.7. The van der Waals surface area contributed by atoms with E-state index in [-0.39, 0.29) is 45.8 Å². The molecule has 1 aliphatic rings. The smallest absolute Gasteiger partial charge is 0.417 e. The lowest BCUT2D eigenvalue weighted by molar-refractivity contribution is -0.137. The van der Waals surface area contributed by atoms with Crippen molar-refractivity contribution in [1.29, 1.82) is 0 Å². The Labute approximate surface area is 265 Å². The number of rotatable bonds is 9. The molecule has 0 radical (unpaired) electrons. The molecule has 17 heteroatoms. The van der Waals surface area contributed by atoms with E-state index in [2.05, 4.69) is 5.32 Å². The van der Waals surface area contributed by atoms with Crippen LogP contribution in [0.25, 0.3) is 0 Å². The largest absolute Gasteiger partial charge is 0.486 e. The predicted octanol–water partition coefficient (Wildman–Crippen LogP) is 5.90. The van der Waals surface area contributed by atoms with Crippen LogP contribution in [0.3, 0.4) is 0 Å². The number of nitrogens with zero attached hydrogens (tertiary/aromatic N) is 1. The number of benzene rings is 4.